The van der Waals surface area contributed by atoms with Crippen LogP contribution in [0.3, 0.4) is 0 Å². The highest BCUT2D eigenvalue weighted by atomic mass is 16.3. The van der Waals surface area contributed by atoms with Crippen LogP contribution in [-0.2, 0) is 6.42 Å². The second kappa shape index (κ2) is 4.72. The van der Waals surface area contributed by atoms with Crippen LogP contribution in [0.1, 0.15) is 36.9 Å². The van der Waals surface area contributed by atoms with E-state index in [9.17, 15) is 0 Å². The van der Waals surface area contributed by atoms with Crippen molar-refractivity contribution < 1.29 is 8.83 Å². The van der Waals surface area contributed by atoms with E-state index in [-0.39, 0.29) is 0 Å². The van der Waals surface area contributed by atoms with E-state index in [0.717, 1.165) is 39.8 Å². The van der Waals surface area contributed by atoms with Crippen molar-refractivity contribution in [2.45, 2.75) is 32.1 Å². The number of para-hydroxylation sites is 1. The highest BCUT2D eigenvalue weighted by molar-refractivity contribution is 6.07. The number of hydrogen-bond acceptors (Lipinski definition) is 3. The Morgan fingerprint density at radius 1 is 1.13 bits per heavy atom. The second-order valence-electron chi connectivity index (χ2n) is 6.40. The predicted octanol–water partition coefficient (Wildman–Crippen LogP) is 5.68. The maximum Gasteiger partial charge on any atom is 0.165 e. The van der Waals surface area contributed by atoms with Crippen LogP contribution in [0.5, 0.6) is 0 Å². The first-order valence-electron chi connectivity index (χ1n) is 8.21. The zero-order chi connectivity index (χ0) is 15.4. The SMILES string of the molecule is C[C@@H]1CCCc2c1nc1c(oc3ccccc31)c2-c1ccco1. The third kappa shape index (κ3) is 1.79. The first-order valence-corrected chi connectivity index (χ1v) is 8.21. The fourth-order valence-electron chi connectivity index (χ4n) is 3.83. The second-order valence-corrected chi connectivity index (χ2v) is 6.40. The Morgan fingerprint density at radius 3 is 2.91 bits per heavy atom. The molecule has 5 rings (SSSR count). The summed E-state index contributed by atoms with van der Waals surface area (Å²) in [6.45, 7) is 2.27. The van der Waals surface area contributed by atoms with Gasteiger partial charge in [-0.15, -0.1) is 0 Å². The lowest BCUT2D eigenvalue weighted by molar-refractivity contribution is 0.561. The molecule has 3 heterocycles. The normalized spacial score (nSPS) is 17.7. The van der Waals surface area contributed by atoms with Crippen LogP contribution in [0.2, 0.25) is 0 Å². The number of nitrogens with zero attached hydrogens (tertiary/aromatic N) is 1. The van der Waals surface area contributed by atoms with Crippen molar-refractivity contribution >= 4 is 22.1 Å². The van der Waals surface area contributed by atoms with Gasteiger partial charge in [-0.05, 0) is 55.0 Å². The quantitative estimate of drug-likeness (QED) is 0.454. The summed E-state index contributed by atoms with van der Waals surface area (Å²) in [6.07, 6.45) is 5.15. The van der Waals surface area contributed by atoms with E-state index in [0.29, 0.717) is 5.92 Å². The highest BCUT2D eigenvalue weighted by Gasteiger charge is 2.27. The molecule has 0 N–H and O–H groups in total. The lowest BCUT2D eigenvalue weighted by Gasteiger charge is -2.23. The molecule has 3 heteroatoms. The molecule has 1 atom stereocenters. The lowest BCUT2D eigenvalue weighted by Crippen LogP contribution is -2.11. The Hall–Kier alpha value is -2.55. The molecule has 0 spiro atoms. The first kappa shape index (κ1) is 12.9. The molecule has 1 aromatic carbocycles. The van der Waals surface area contributed by atoms with Crippen LogP contribution < -0.4 is 0 Å². The van der Waals surface area contributed by atoms with E-state index >= 15 is 0 Å². The van der Waals surface area contributed by atoms with Crippen LogP contribution in [0.15, 0.2) is 51.5 Å². The maximum atomic E-state index is 6.19. The van der Waals surface area contributed by atoms with E-state index in [4.69, 9.17) is 13.8 Å². The predicted molar refractivity (Wildman–Crippen MR) is 90.6 cm³/mol. The van der Waals surface area contributed by atoms with Gasteiger partial charge in [0, 0.05) is 11.1 Å². The van der Waals surface area contributed by atoms with E-state index < -0.39 is 0 Å². The Bertz CT molecular complexity index is 1010. The molecule has 1 aliphatic carbocycles. The Balaban J connectivity index is 1.98. The number of aromatic nitrogens is 1. The summed E-state index contributed by atoms with van der Waals surface area (Å²) in [6, 6.07) is 12.1. The fourth-order valence-corrected chi connectivity index (χ4v) is 3.83. The minimum atomic E-state index is 0.477. The maximum absolute atomic E-state index is 6.19. The van der Waals surface area contributed by atoms with Gasteiger partial charge in [0.1, 0.15) is 16.9 Å². The van der Waals surface area contributed by atoms with Gasteiger partial charge in [0.25, 0.3) is 0 Å². The number of benzene rings is 1. The van der Waals surface area contributed by atoms with Crippen molar-refractivity contribution in [3.05, 3.63) is 53.9 Å². The molecule has 4 aromatic rings. The van der Waals surface area contributed by atoms with E-state index in [1.807, 2.05) is 30.3 Å². The van der Waals surface area contributed by atoms with Gasteiger partial charge in [-0.1, -0.05) is 19.1 Å². The molecule has 0 fully saturated rings. The molecule has 0 amide bonds. The Labute approximate surface area is 133 Å². The first-order chi connectivity index (χ1) is 11.3. The molecular weight excluding hydrogens is 286 g/mol. The average molecular weight is 303 g/mol. The summed E-state index contributed by atoms with van der Waals surface area (Å²) >= 11 is 0. The van der Waals surface area contributed by atoms with Gasteiger partial charge < -0.3 is 8.83 Å². The average Bonchev–Trinajstić information content (AvgIpc) is 3.21. The molecule has 23 heavy (non-hydrogen) atoms. The van der Waals surface area contributed by atoms with Gasteiger partial charge in [-0.3, -0.25) is 0 Å². The summed E-state index contributed by atoms with van der Waals surface area (Å²) in [5.74, 6) is 1.35. The van der Waals surface area contributed by atoms with E-state index in [1.54, 1.807) is 6.26 Å². The van der Waals surface area contributed by atoms with Gasteiger partial charge in [-0.25, -0.2) is 4.98 Å². The van der Waals surface area contributed by atoms with E-state index in [2.05, 4.69) is 13.0 Å². The topological polar surface area (TPSA) is 39.2 Å². The van der Waals surface area contributed by atoms with Crippen molar-refractivity contribution in [3.8, 4) is 11.3 Å². The summed E-state index contributed by atoms with van der Waals surface area (Å²) in [7, 11) is 0. The van der Waals surface area contributed by atoms with Crippen molar-refractivity contribution in [2.75, 3.05) is 0 Å². The molecular formula is C20H17NO2. The van der Waals surface area contributed by atoms with Crippen LogP contribution in [0, 0.1) is 0 Å². The lowest BCUT2D eigenvalue weighted by atomic mass is 9.84. The smallest absolute Gasteiger partial charge is 0.165 e. The molecule has 3 aromatic heterocycles. The van der Waals surface area contributed by atoms with E-state index in [1.165, 1.54) is 24.1 Å². The molecule has 3 nitrogen and oxygen atoms in total. The zero-order valence-electron chi connectivity index (χ0n) is 13.0. The summed E-state index contributed by atoms with van der Waals surface area (Å²) < 4.78 is 11.9. The van der Waals surface area contributed by atoms with Gasteiger partial charge >= 0.3 is 0 Å². The van der Waals surface area contributed by atoms with Crippen LogP contribution in [0.25, 0.3) is 33.4 Å². The number of hydrogen-bond donors (Lipinski definition) is 0. The van der Waals surface area contributed by atoms with Crippen molar-refractivity contribution in [2.24, 2.45) is 0 Å². The highest BCUT2D eigenvalue weighted by Crippen LogP contribution is 2.43. The molecule has 0 unspecified atom stereocenters. The van der Waals surface area contributed by atoms with Crippen LogP contribution in [-0.4, -0.2) is 4.98 Å². The molecule has 0 aliphatic heterocycles. The third-order valence-electron chi connectivity index (χ3n) is 4.94. The number of rotatable bonds is 1. The molecule has 0 saturated heterocycles. The molecule has 0 bridgehead atoms. The Kier molecular flexibility index (Phi) is 2.66. The summed E-state index contributed by atoms with van der Waals surface area (Å²) in [5.41, 5.74) is 6.30. The number of furan rings is 2. The standard InChI is InChI=1S/C20H17NO2/c1-12-6-4-8-14-17(16-10-5-11-22-16)20-19(21-18(12)14)13-7-2-3-9-15(13)23-20/h2-3,5,7,9-12H,4,6,8H2,1H3/t12-/m1/s1. The van der Waals surface area contributed by atoms with Crippen LogP contribution >= 0.6 is 0 Å². The molecule has 114 valence electrons. The minimum absolute atomic E-state index is 0.477. The van der Waals surface area contributed by atoms with Crippen molar-refractivity contribution in [3.63, 3.8) is 0 Å². The van der Waals surface area contributed by atoms with Gasteiger partial charge in [0.15, 0.2) is 5.58 Å². The van der Waals surface area contributed by atoms with Gasteiger partial charge in [0.05, 0.1) is 11.8 Å². The summed E-state index contributed by atoms with van der Waals surface area (Å²) in [5, 5.41) is 1.08. The molecule has 1 aliphatic rings. The summed E-state index contributed by atoms with van der Waals surface area (Å²) in [4.78, 5) is 5.02. The van der Waals surface area contributed by atoms with Crippen molar-refractivity contribution in [1.82, 2.24) is 4.98 Å². The van der Waals surface area contributed by atoms with Crippen LogP contribution in [0.4, 0.5) is 0 Å². The zero-order valence-corrected chi connectivity index (χ0v) is 13.0. The fraction of sp³-hybridized carbons (Fsp3) is 0.250. The van der Waals surface area contributed by atoms with Gasteiger partial charge in [-0.2, -0.15) is 0 Å². The number of pyridine rings is 1. The minimum Gasteiger partial charge on any atom is -0.464 e. The van der Waals surface area contributed by atoms with Crippen molar-refractivity contribution in [1.29, 1.82) is 0 Å². The monoisotopic (exact) mass is 303 g/mol. The third-order valence-corrected chi connectivity index (χ3v) is 4.94. The Morgan fingerprint density at radius 2 is 2.04 bits per heavy atom. The molecule has 0 radical (unpaired) electrons. The largest absolute Gasteiger partial charge is 0.464 e. The number of fused-ring (bicyclic) bond motifs is 4. The van der Waals surface area contributed by atoms with Gasteiger partial charge in [0.2, 0.25) is 0 Å². The molecule has 0 saturated carbocycles.